The molecule has 5 rings (SSSR count). The van der Waals surface area contributed by atoms with Gasteiger partial charge in [-0.05, 0) is 55.5 Å². The van der Waals surface area contributed by atoms with Crippen LogP contribution in [0.4, 0.5) is 14.6 Å². The first-order valence-corrected chi connectivity index (χ1v) is 8.82. The molecule has 1 N–H and O–H groups in total. The number of halogens is 2. The third kappa shape index (κ3) is 2.61. The molecule has 3 aromatic rings. The Hall–Kier alpha value is -3.09. The quantitative estimate of drug-likeness (QED) is 0.768. The molecule has 0 radical (unpaired) electrons. The molecule has 0 bridgehead atoms. The van der Waals surface area contributed by atoms with Crippen LogP contribution in [0, 0.1) is 24.5 Å². The molecule has 5 nitrogen and oxygen atoms in total. The summed E-state index contributed by atoms with van der Waals surface area (Å²) < 4.78 is 29.1. The smallest absolute Gasteiger partial charge is 0.277 e. The number of aryl methyl sites for hydroxylation is 1. The predicted octanol–water partition coefficient (Wildman–Crippen LogP) is 3.77. The van der Waals surface area contributed by atoms with E-state index in [9.17, 15) is 13.6 Å². The van der Waals surface area contributed by atoms with E-state index >= 15 is 0 Å². The summed E-state index contributed by atoms with van der Waals surface area (Å²) in [5.74, 6) is -0.497. The lowest BCUT2D eigenvalue weighted by Crippen LogP contribution is -2.16. The number of hydrogen-bond donors (Lipinski definition) is 1. The van der Waals surface area contributed by atoms with Crippen molar-refractivity contribution >= 4 is 11.7 Å². The number of nitrogens with zero attached hydrogens (tertiary/aromatic N) is 3. The number of anilines is 1. The number of carbonyl (C=O) groups excluding carboxylic acids is 1. The van der Waals surface area contributed by atoms with Crippen LogP contribution in [-0.2, 0) is 6.42 Å². The molecule has 2 aliphatic rings. The second-order valence-electron chi connectivity index (χ2n) is 7.20. The lowest BCUT2D eigenvalue weighted by atomic mass is 10.1. The molecule has 27 heavy (non-hydrogen) atoms. The Balaban J connectivity index is 1.56. The van der Waals surface area contributed by atoms with Crippen molar-refractivity contribution in [2.75, 3.05) is 5.32 Å². The summed E-state index contributed by atoms with van der Waals surface area (Å²) >= 11 is 0. The van der Waals surface area contributed by atoms with E-state index in [0.29, 0.717) is 11.7 Å². The number of fused-ring (bicyclic) bond motifs is 3. The molecule has 1 aromatic carbocycles. The number of hydrogen-bond acceptors (Lipinski definition) is 3. The average molecular weight is 366 g/mol. The number of benzene rings is 1. The van der Waals surface area contributed by atoms with Gasteiger partial charge in [0.05, 0.1) is 5.69 Å². The summed E-state index contributed by atoms with van der Waals surface area (Å²) in [7, 11) is 0. The summed E-state index contributed by atoms with van der Waals surface area (Å²) in [6.07, 6.45) is 3.39. The standard InChI is InChI=1S/C20H16F2N4O/c1-10-4-5-23-17(6-10)24-20(27)18-14-8-11-7-13(11)19(14)26(25-18)16-3-2-12(21)9-15(16)22/h2-6,9,11,13H,7-8H2,1H3,(H,23,24,27)/t11-,13-/m1/s1. The minimum atomic E-state index is -0.697. The Morgan fingerprint density at radius 1 is 1.26 bits per heavy atom. The van der Waals surface area contributed by atoms with E-state index in [0.717, 1.165) is 35.7 Å². The predicted molar refractivity (Wildman–Crippen MR) is 95.0 cm³/mol. The van der Waals surface area contributed by atoms with Crippen molar-refractivity contribution in [3.63, 3.8) is 0 Å². The van der Waals surface area contributed by atoms with Gasteiger partial charge in [-0.15, -0.1) is 0 Å². The number of rotatable bonds is 3. The highest BCUT2D eigenvalue weighted by atomic mass is 19.1. The molecule has 0 aliphatic heterocycles. The van der Waals surface area contributed by atoms with Crippen molar-refractivity contribution in [2.24, 2.45) is 5.92 Å². The normalized spacial score (nSPS) is 19.5. The van der Waals surface area contributed by atoms with Crippen LogP contribution in [0.5, 0.6) is 0 Å². The molecule has 2 aromatic heterocycles. The maximum Gasteiger partial charge on any atom is 0.277 e. The maximum atomic E-state index is 14.3. The fourth-order valence-electron chi connectivity index (χ4n) is 3.91. The molecule has 0 spiro atoms. The van der Waals surface area contributed by atoms with Gasteiger partial charge in [-0.25, -0.2) is 18.4 Å². The first-order chi connectivity index (χ1) is 13.0. The van der Waals surface area contributed by atoms with E-state index in [2.05, 4.69) is 15.4 Å². The number of aromatic nitrogens is 3. The Morgan fingerprint density at radius 3 is 2.89 bits per heavy atom. The SMILES string of the molecule is Cc1ccnc(NC(=O)c2nn(-c3ccc(F)cc3F)c3c2C[C@H]2C[C@@H]32)c1. The van der Waals surface area contributed by atoms with Crippen molar-refractivity contribution in [3.8, 4) is 5.69 Å². The minimum Gasteiger partial charge on any atom is -0.305 e. The molecule has 0 saturated heterocycles. The topological polar surface area (TPSA) is 59.8 Å². The van der Waals surface area contributed by atoms with Crippen molar-refractivity contribution in [3.05, 3.63) is 70.7 Å². The van der Waals surface area contributed by atoms with Gasteiger partial charge < -0.3 is 5.32 Å². The van der Waals surface area contributed by atoms with Gasteiger partial charge in [-0.3, -0.25) is 4.79 Å². The highest BCUT2D eigenvalue weighted by Crippen LogP contribution is 2.57. The van der Waals surface area contributed by atoms with Gasteiger partial charge in [0.25, 0.3) is 5.91 Å². The van der Waals surface area contributed by atoms with Gasteiger partial charge in [-0.1, -0.05) is 0 Å². The Bertz CT molecular complexity index is 1090. The highest BCUT2D eigenvalue weighted by molar-refractivity contribution is 6.03. The number of amides is 1. The molecule has 2 aliphatic carbocycles. The van der Waals surface area contributed by atoms with Gasteiger partial charge >= 0.3 is 0 Å². The van der Waals surface area contributed by atoms with Gasteiger partial charge in [0.15, 0.2) is 11.5 Å². The van der Waals surface area contributed by atoms with Gasteiger partial charge in [0.2, 0.25) is 0 Å². The molecule has 1 amide bonds. The lowest BCUT2D eigenvalue weighted by molar-refractivity contribution is 0.102. The molecule has 0 unspecified atom stereocenters. The Labute approximate surface area is 154 Å². The molecule has 1 saturated carbocycles. The highest BCUT2D eigenvalue weighted by Gasteiger charge is 2.50. The van der Waals surface area contributed by atoms with Crippen LogP contribution in [0.25, 0.3) is 5.69 Å². The van der Waals surface area contributed by atoms with Crippen LogP contribution in [0.2, 0.25) is 0 Å². The fourth-order valence-corrected chi connectivity index (χ4v) is 3.91. The van der Waals surface area contributed by atoms with Gasteiger partial charge in [-0.2, -0.15) is 5.10 Å². The van der Waals surface area contributed by atoms with Crippen LogP contribution in [0.15, 0.2) is 36.5 Å². The van der Waals surface area contributed by atoms with E-state index < -0.39 is 11.6 Å². The lowest BCUT2D eigenvalue weighted by Gasteiger charge is -2.07. The molecule has 2 heterocycles. The fraction of sp³-hybridized carbons (Fsp3) is 0.250. The van der Waals surface area contributed by atoms with E-state index in [-0.39, 0.29) is 23.2 Å². The number of pyridine rings is 1. The van der Waals surface area contributed by atoms with Crippen LogP contribution in [0.1, 0.15) is 39.6 Å². The van der Waals surface area contributed by atoms with Crippen molar-refractivity contribution in [1.82, 2.24) is 14.8 Å². The van der Waals surface area contributed by atoms with Crippen molar-refractivity contribution in [2.45, 2.75) is 25.7 Å². The largest absolute Gasteiger partial charge is 0.305 e. The van der Waals surface area contributed by atoms with Gasteiger partial charge in [0.1, 0.15) is 17.3 Å². The zero-order valence-electron chi connectivity index (χ0n) is 14.5. The van der Waals surface area contributed by atoms with Crippen molar-refractivity contribution in [1.29, 1.82) is 0 Å². The second kappa shape index (κ2) is 5.70. The summed E-state index contributed by atoms with van der Waals surface area (Å²) in [4.78, 5) is 17.0. The van der Waals surface area contributed by atoms with Crippen molar-refractivity contribution < 1.29 is 13.6 Å². The third-order valence-corrected chi connectivity index (χ3v) is 5.27. The van der Waals surface area contributed by atoms with E-state index in [1.807, 2.05) is 13.0 Å². The van der Waals surface area contributed by atoms with E-state index in [1.54, 1.807) is 12.3 Å². The molecule has 1 fully saturated rings. The zero-order valence-corrected chi connectivity index (χ0v) is 14.5. The minimum absolute atomic E-state index is 0.160. The molecule has 2 atom stereocenters. The Kier molecular flexibility index (Phi) is 3.40. The Morgan fingerprint density at radius 2 is 2.11 bits per heavy atom. The number of nitrogens with one attached hydrogen (secondary N) is 1. The first-order valence-electron chi connectivity index (χ1n) is 8.82. The first kappa shape index (κ1) is 16.1. The molecular weight excluding hydrogens is 350 g/mol. The second-order valence-corrected chi connectivity index (χ2v) is 7.20. The van der Waals surface area contributed by atoms with Crippen LogP contribution < -0.4 is 5.32 Å². The summed E-state index contributed by atoms with van der Waals surface area (Å²) in [6.45, 7) is 1.91. The summed E-state index contributed by atoms with van der Waals surface area (Å²) in [6, 6.07) is 7.00. The number of carbonyl (C=O) groups is 1. The summed E-state index contributed by atoms with van der Waals surface area (Å²) in [5.41, 5.74) is 3.14. The maximum absolute atomic E-state index is 14.3. The van der Waals surface area contributed by atoms with Crippen LogP contribution in [-0.4, -0.2) is 20.7 Å². The average Bonchev–Trinajstić information content (AvgIpc) is 3.12. The molecule has 136 valence electrons. The summed E-state index contributed by atoms with van der Waals surface area (Å²) in [5, 5.41) is 7.17. The van der Waals surface area contributed by atoms with E-state index in [1.165, 1.54) is 16.8 Å². The van der Waals surface area contributed by atoms with Gasteiger partial charge in [0, 0.05) is 23.7 Å². The van der Waals surface area contributed by atoms with E-state index in [4.69, 9.17) is 0 Å². The van der Waals surface area contributed by atoms with Crippen LogP contribution >= 0.6 is 0 Å². The zero-order chi connectivity index (χ0) is 18.7. The molecular formula is C20H16F2N4O. The molecule has 7 heteroatoms. The van der Waals surface area contributed by atoms with Crippen LogP contribution in [0.3, 0.4) is 0 Å². The monoisotopic (exact) mass is 366 g/mol. The third-order valence-electron chi connectivity index (χ3n) is 5.27.